The second-order valence-corrected chi connectivity index (χ2v) is 3.64. The number of hydrogen-bond acceptors (Lipinski definition) is 3. The molecule has 0 saturated heterocycles. The molecule has 1 N–H and O–H groups in total. The number of halogens is 1. The van der Waals surface area contributed by atoms with E-state index in [1.807, 2.05) is 6.07 Å². The number of rotatable bonds is 3. The van der Waals surface area contributed by atoms with Crippen molar-refractivity contribution < 1.29 is 14.6 Å². The summed E-state index contributed by atoms with van der Waals surface area (Å²) in [7, 11) is 1.44. The average molecular weight is 270 g/mol. The van der Waals surface area contributed by atoms with E-state index in [0.29, 0.717) is 15.8 Å². The number of methoxy groups -OCH3 is 1. The summed E-state index contributed by atoms with van der Waals surface area (Å²) in [6.45, 7) is 0. The number of carboxylic acids is 1. The van der Waals surface area contributed by atoms with Crippen LogP contribution >= 0.6 is 15.9 Å². The maximum atomic E-state index is 10.6. The van der Waals surface area contributed by atoms with Gasteiger partial charge in [-0.15, -0.1) is 0 Å². The molecule has 0 aliphatic rings. The van der Waals surface area contributed by atoms with Crippen LogP contribution in [0.5, 0.6) is 5.75 Å². The Morgan fingerprint density at radius 1 is 1.67 bits per heavy atom. The van der Waals surface area contributed by atoms with Crippen LogP contribution in [0.3, 0.4) is 0 Å². The quantitative estimate of drug-likeness (QED) is 0.911. The number of hydrogen-bond donors (Lipinski definition) is 1. The Bertz CT molecular complexity index is 437. The molecule has 0 unspecified atom stereocenters. The van der Waals surface area contributed by atoms with E-state index in [9.17, 15) is 4.79 Å². The van der Waals surface area contributed by atoms with Crippen molar-refractivity contribution in [1.29, 1.82) is 5.26 Å². The van der Waals surface area contributed by atoms with Gasteiger partial charge >= 0.3 is 5.97 Å². The highest BCUT2D eigenvalue weighted by atomic mass is 79.9. The number of carbonyl (C=O) groups is 1. The minimum Gasteiger partial charge on any atom is -0.495 e. The number of ether oxygens (including phenoxy) is 1. The lowest BCUT2D eigenvalue weighted by atomic mass is 10.0. The summed E-state index contributed by atoms with van der Waals surface area (Å²) in [6.07, 6.45) is -0.208. The van der Waals surface area contributed by atoms with Crippen LogP contribution in [0.2, 0.25) is 0 Å². The SMILES string of the molecule is COc1ccc(Br)c(CC(=O)O)c1C#N. The van der Waals surface area contributed by atoms with E-state index >= 15 is 0 Å². The van der Waals surface area contributed by atoms with Gasteiger partial charge < -0.3 is 9.84 Å². The first-order chi connectivity index (χ1) is 7.10. The van der Waals surface area contributed by atoms with Gasteiger partial charge in [0.25, 0.3) is 0 Å². The smallest absolute Gasteiger partial charge is 0.307 e. The van der Waals surface area contributed by atoms with Crippen molar-refractivity contribution in [3.05, 3.63) is 27.7 Å². The van der Waals surface area contributed by atoms with Gasteiger partial charge in [0.05, 0.1) is 19.1 Å². The predicted molar refractivity (Wildman–Crippen MR) is 56.7 cm³/mol. The van der Waals surface area contributed by atoms with Crippen molar-refractivity contribution >= 4 is 21.9 Å². The van der Waals surface area contributed by atoms with E-state index in [1.54, 1.807) is 12.1 Å². The molecule has 5 heteroatoms. The molecule has 0 atom stereocenters. The zero-order chi connectivity index (χ0) is 11.4. The van der Waals surface area contributed by atoms with Crippen LogP contribution in [0.1, 0.15) is 11.1 Å². The lowest BCUT2D eigenvalue weighted by molar-refractivity contribution is -0.136. The van der Waals surface area contributed by atoms with Crippen LogP contribution < -0.4 is 4.74 Å². The zero-order valence-corrected chi connectivity index (χ0v) is 9.54. The molecule has 78 valence electrons. The fourth-order valence-electron chi connectivity index (χ4n) is 1.22. The van der Waals surface area contributed by atoms with Crippen molar-refractivity contribution in [2.45, 2.75) is 6.42 Å². The molecule has 0 aliphatic carbocycles. The molecule has 0 spiro atoms. The highest BCUT2D eigenvalue weighted by Crippen LogP contribution is 2.28. The van der Waals surface area contributed by atoms with Crippen molar-refractivity contribution in [1.82, 2.24) is 0 Å². The van der Waals surface area contributed by atoms with E-state index in [1.165, 1.54) is 7.11 Å². The summed E-state index contributed by atoms with van der Waals surface area (Å²) in [4.78, 5) is 10.6. The molecule has 4 nitrogen and oxygen atoms in total. The summed E-state index contributed by atoms with van der Waals surface area (Å²) in [5.74, 6) is -0.600. The number of carboxylic acid groups (broad SMARTS) is 1. The van der Waals surface area contributed by atoms with Crippen LogP contribution in [0.15, 0.2) is 16.6 Å². The van der Waals surface area contributed by atoms with E-state index in [0.717, 1.165) is 0 Å². The summed E-state index contributed by atoms with van der Waals surface area (Å²) in [6, 6.07) is 5.23. The Morgan fingerprint density at radius 3 is 2.80 bits per heavy atom. The molecule has 0 amide bonds. The second-order valence-electron chi connectivity index (χ2n) is 2.79. The number of aliphatic carboxylic acids is 1. The number of benzene rings is 1. The van der Waals surface area contributed by atoms with E-state index in [-0.39, 0.29) is 12.0 Å². The zero-order valence-electron chi connectivity index (χ0n) is 7.95. The highest BCUT2D eigenvalue weighted by molar-refractivity contribution is 9.10. The average Bonchev–Trinajstić information content (AvgIpc) is 2.20. The van der Waals surface area contributed by atoms with Gasteiger partial charge in [0.15, 0.2) is 0 Å². The predicted octanol–water partition coefficient (Wildman–Crippen LogP) is 1.96. The maximum Gasteiger partial charge on any atom is 0.307 e. The highest BCUT2D eigenvalue weighted by Gasteiger charge is 2.14. The van der Waals surface area contributed by atoms with Gasteiger partial charge in [-0.2, -0.15) is 5.26 Å². The van der Waals surface area contributed by atoms with Gasteiger partial charge in [0.1, 0.15) is 11.8 Å². The van der Waals surface area contributed by atoms with Gasteiger partial charge in [-0.25, -0.2) is 0 Å². The Kier molecular flexibility index (Phi) is 3.69. The van der Waals surface area contributed by atoms with Crippen molar-refractivity contribution in [2.24, 2.45) is 0 Å². The molecule has 1 aromatic carbocycles. The minimum absolute atomic E-state index is 0.208. The van der Waals surface area contributed by atoms with Gasteiger partial charge in [0, 0.05) is 4.47 Å². The van der Waals surface area contributed by atoms with Gasteiger partial charge in [-0.3, -0.25) is 4.79 Å². The lowest BCUT2D eigenvalue weighted by Crippen LogP contribution is -2.04. The number of nitriles is 1. The van der Waals surface area contributed by atoms with Gasteiger partial charge in [-0.1, -0.05) is 15.9 Å². The van der Waals surface area contributed by atoms with E-state index < -0.39 is 5.97 Å². The summed E-state index contributed by atoms with van der Waals surface area (Å²) in [5, 5.41) is 17.6. The largest absolute Gasteiger partial charge is 0.495 e. The Labute approximate surface area is 95.2 Å². The van der Waals surface area contributed by atoms with Crippen molar-refractivity contribution in [3.8, 4) is 11.8 Å². The fourth-order valence-corrected chi connectivity index (χ4v) is 1.69. The van der Waals surface area contributed by atoms with Crippen molar-refractivity contribution in [2.75, 3.05) is 7.11 Å². The third-order valence-electron chi connectivity index (χ3n) is 1.88. The molecule has 1 rings (SSSR count). The molecule has 0 radical (unpaired) electrons. The molecule has 15 heavy (non-hydrogen) atoms. The van der Waals surface area contributed by atoms with Crippen LogP contribution in [0, 0.1) is 11.3 Å². The first-order valence-electron chi connectivity index (χ1n) is 4.07. The summed E-state index contributed by atoms with van der Waals surface area (Å²) < 4.78 is 5.58. The molecular weight excluding hydrogens is 262 g/mol. The van der Waals surface area contributed by atoms with E-state index in [2.05, 4.69) is 15.9 Å². The molecule has 0 aliphatic heterocycles. The normalized spacial score (nSPS) is 9.40. The Hall–Kier alpha value is -1.54. The molecule has 0 aromatic heterocycles. The van der Waals surface area contributed by atoms with Crippen molar-refractivity contribution in [3.63, 3.8) is 0 Å². The Balaban J connectivity index is 3.33. The standard InChI is InChI=1S/C10H8BrNO3/c1-15-9-3-2-8(11)6(4-10(13)14)7(9)5-12/h2-3H,4H2,1H3,(H,13,14). The van der Waals surface area contributed by atoms with Gasteiger partial charge in [0.2, 0.25) is 0 Å². The first kappa shape index (κ1) is 11.5. The fraction of sp³-hybridized carbons (Fsp3) is 0.200. The van der Waals surface area contributed by atoms with Crippen LogP contribution in [0.25, 0.3) is 0 Å². The van der Waals surface area contributed by atoms with Crippen LogP contribution in [0.4, 0.5) is 0 Å². The van der Waals surface area contributed by atoms with Crippen LogP contribution in [-0.2, 0) is 11.2 Å². The minimum atomic E-state index is -0.986. The Morgan fingerprint density at radius 2 is 2.33 bits per heavy atom. The number of nitrogens with zero attached hydrogens (tertiary/aromatic N) is 1. The molecule has 0 fully saturated rings. The third kappa shape index (κ3) is 2.48. The second kappa shape index (κ2) is 4.80. The molecule has 0 saturated carbocycles. The topological polar surface area (TPSA) is 70.3 Å². The van der Waals surface area contributed by atoms with E-state index in [4.69, 9.17) is 15.1 Å². The third-order valence-corrected chi connectivity index (χ3v) is 2.62. The molecular formula is C10H8BrNO3. The summed E-state index contributed by atoms with van der Waals surface area (Å²) >= 11 is 3.21. The lowest BCUT2D eigenvalue weighted by Gasteiger charge is -2.08. The monoisotopic (exact) mass is 269 g/mol. The van der Waals surface area contributed by atoms with Crippen LogP contribution in [-0.4, -0.2) is 18.2 Å². The molecule has 0 heterocycles. The molecule has 1 aromatic rings. The first-order valence-corrected chi connectivity index (χ1v) is 4.86. The van der Waals surface area contributed by atoms with Gasteiger partial charge in [-0.05, 0) is 17.7 Å². The molecule has 0 bridgehead atoms. The summed E-state index contributed by atoms with van der Waals surface area (Å²) in [5.41, 5.74) is 0.693. The maximum absolute atomic E-state index is 10.6.